The number of aromatic nitrogens is 7. The summed E-state index contributed by atoms with van der Waals surface area (Å²) in [5.74, 6) is -0.623. The minimum absolute atomic E-state index is 0.104. The minimum Gasteiger partial charge on any atom is -0.497 e. The average Bonchev–Trinajstić information content (AvgIpc) is 1.82. The summed E-state index contributed by atoms with van der Waals surface area (Å²) in [6.45, 7) is 50.3. The van der Waals surface area contributed by atoms with E-state index in [-0.39, 0.29) is 36.2 Å². The zero-order chi connectivity index (χ0) is 89.5. The van der Waals surface area contributed by atoms with Crippen molar-refractivity contribution in [2.24, 2.45) is 24.3 Å². The van der Waals surface area contributed by atoms with Crippen molar-refractivity contribution in [2.75, 3.05) is 20.8 Å². The third kappa shape index (κ3) is 52.0. The van der Waals surface area contributed by atoms with Crippen molar-refractivity contribution in [2.45, 2.75) is 249 Å². The number of aryl methyl sites for hydroxylation is 13. The predicted molar refractivity (Wildman–Crippen MR) is 495 cm³/mol. The third-order valence-corrected chi connectivity index (χ3v) is 18.3. The van der Waals surface area contributed by atoms with E-state index >= 15 is 0 Å². The van der Waals surface area contributed by atoms with E-state index in [0.717, 1.165) is 81.8 Å². The van der Waals surface area contributed by atoms with Crippen LogP contribution in [0.1, 0.15) is 223 Å². The Labute approximate surface area is 715 Å². The molecule has 0 spiro atoms. The summed E-state index contributed by atoms with van der Waals surface area (Å²) in [5, 5.41) is 1.22. The SMILES string of the molecule is CC1CC(F)(F)C1.CCC(C)(C)C.CCCC.CCCOC(C)C.COC1CC(C)C1.COc1ccc(C)cc1.Cc1ccc(C)nc1.Cc1ccc(C)nc1.Cc1ccc(F)cc1.Cc1cccc(F)c1C.Cc1ccccc1.Cc1ccccn1.Cc1cnc2c(c1)C(F)=CC2.Cc1cnc2c(c1)C=CC2.Cc1cnc2c(ccn2C)c1. The number of hydrogen-bond donors (Lipinski definition) is 0. The smallest absolute Gasteiger partial charge is 0.248 e. The molecule has 648 valence electrons. The lowest BCUT2D eigenvalue weighted by Crippen LogP contribution is -2.33. The van der Waals surface area contributed by atoms with Crippen LogP contribution in [0.15, 0.2) is 219 Å². The van der Waals surface area contributed by atoms with E-state index in [1.54, 1.807) is 57.8 Å². The van der Waals surface area contributed by atoms with Crippen molar-refractivity contribution in [3.05, 3.63) is 326 Å². The molecule has 0 saturated heterocycles. The van der Waals surface area contributed by atoms with Gasteiger partial charge in [0.15, 0.2) is 0 Å². The molecule has 10 nitrogen and oxygen atoms in total. The molecule has 2 saturated carbocycles. The molecule has 0 amide bonds. The number of hydrogen-bond acceptors (Lipinski definition) is 9. The summed E-state index contributed by atoms with van der Waals surface area (Å²) < 4.78 is 78.4. The Hall–Kier alpha value is -9.83. The highest BCUT2D eigenvalue weighted by Crippen LogP contribution is 2.41. The molecule has 0 N–H and O–H groups in total. The second kappa shape index (κ2) is 60.6. The molecule has 2 fully saturated rings. The lowest BCUT2D eigenvalue weighted by atomic mass is 9.83. The molecule has 0 radical (unpaired) electrons. The summed E-state index contributed by atoms with van der Waals surface area (Å²) in [6, 6.07) is 51.9. The second-order valence-corrected chi connectivity index (χ2v) is 32.0. The molecule has 0 atom stereocenters. The van der Waals surface area contributed by atoms with Crippen molar-refractivity contribution in [1.29, 1.82) is 0 Å². The van der Waals surface area contributed by atoms with Crippen LogP contribution in [-0.4, -0.2) is 73.4 Å². The molecule has 11 aromatic rings. The first-order valence-corrected chi connectivity index (χ1v) is 41.8. The number of allylic oxidation sites excluding steroid dienone is 2. The van der Waals surface area contributed by atoms with Gasteiger partial charge in [-0.25, -0.2) is 26.9 Å². The van der Waals surface area contributed by atoms with Crippen molar-refractivity contribution < 1.29 is 36.2 Å². The van der Waals surface area contributed by atoms with Gasteiger partial charge in [-0.2, -0.15) is 0 Å². The van der Waals surface area contributed by atoms with Crippen LogP contribution in [0.4, 0.5) is 22.0 Å². The van der Waals surface area contributed by atoms with Crippen LogP contribution in [0.5, 0.6) is 5.75 Å². The van der Waals surface area contributed by atoms with Gasteiger partial charge in [-0.05, 0) is 270 Å². The van der Waals surface area contributed by atoms with Crippen LogP contribution in [0.2, 0.25) is 0 Å². The van der Waals surface area contributed by atoms with Gasteiger partial charge in [-0.15, -0.1) is 0 Å². The topological polar surface area (TPSA) is 110 Å². The van der Waals surface area contributed by atoms with Crippen LogP contribution in [0.25, 0.3) is 22.9 Å². The predicted octanol–water partition coefficient (Wildman–Crippen LogP) is 29.0. The van der Waals surface area contributed by atoms with Crippen LogP contribution in [0.3, 0.4) is 0 Å². The number of alkyl halides is 2. The molecule has 15 rings (SSSR count). The number of pyridine rings is 6. The van der Waals surface area contributed by atoms with E-state index in [9.17, 15) is 22.0 Å². The molecule has 0 aliphatic heterocycles. The highest BCUT2D eigenvalue weighted by atomic mass is 19.3. The van der Waals surface area contributed by atoms with Crippen LogP contribution < -0.4 is 4.74 Å². The number of rotatable bonds is 6. The van der Waals surface area contributed by atoms with E-state index in [1.165, 1.54) is 100 Å². The van der Waals surface area contributed by atoms with Crippen molar-refractivity contribution in [3.8, 4) is 5.75 Å². The maximum atomic E-state index is 12.9. The van der Waals surface area contributed by atoms with E-state index in [4.69, 9.17) is 14.2 Å². The molecule has 119 heavy (non-hydrogen) atoms. The number of methoxy groups -OCH3 is 2. The Morgan fingerprint density at radius 1 is 0.504 bits per heavy atom. The molecule has 4 aliphatic rings. The van der Waals surface area contributed by atoms with E-state index in [1.807, 2.05) is 190 Å². The highest BCUT2D eigenvalue weighted by molar-refractivity contribution is 5.76. The van der Waals surface area contributed by atoms with Crippen LogP contribution in [0, 0.1) is 119 Å². The fourth-order valence-corrected chi connectivity index (χ4v) is 10.1. The molecule has 4 aliphatic carbocycles. The third-order valence-electron chi connectivity index (χ3n) is 18.3. The van der Waals surface area contributed by atoms with E-state index in [0.29, 0.717) is 29.6 Å². The Balaban J connectivity index is 0.000000641. The number of benzene rings is 4. The van der Waals surface area contributed by atoms with E-state index < -0.39 is 5.92 Å². The van der Waals surface area contributed by atoms with Gasteiger partial charge < -0.3 is 18.8 Å². The molecule has 7 heterocycles. The van der Waals surface area contributed by atoms with E-state index in [2.05, 4.69) is 181 Å². The first kappa shape index (κ1) is 107. The Kier molecular flexibility index (Phi) is 54.6. The zero-order valence-corrected chi connectivity index (χ0v) is 77.2. The lowest BCUT2D eigenvalue weighted by Gasteiger charge is -2.31. The molecule has 7 aromatic heterocycles. The number of unbranched alkanes of at least 4 members (excludes halogenated alkanes) is 1. The van der Waals surface area contributed by atoms with Crippen molar-refractivity contribution in [3.63, 3.8) is 0 Å². The summed E-state index contributed by atoms with van der Waals surface area (Å²) >= 11 is 0. The fourth-order valence-electron chi connectivity index (χ4n) is 10.1. The van der Waals surface area contributed by atoms with Crippen LogP contribution in [-0.2, 0) is 29.4 Å². The fraction of sp³-hybridized carbons (Fsp3) is 0.423. The summed E-state index contributed by atoms with van der Waals surface area (Å²) in [7, 11) is 5.46. The highest BCUT2D eigenvalue weighted by Gasteiger charge is 2.42. The molecular formula is C104H144F5N7O3. The number of nitrogens with zero attached hydrogens (tertiary/aromatic N) is 7. The quantitative estimate of drug-likeness (QED) is 0.150. The summed E-state index contributed by atoms with van der Waals surface area (Å²) in [4.78, 5) is 24.9. The monoisotopic (exact) mass is 1630 g/mol. The van der Waals surface area contributed by atoms with Gasteiger partial charge in [-0.3, -0.25) is 24.9 Å². The van der Waals surface area contributed by atoms with Gasteiger partial charge in [0.05, 0.1) is 30.7 Å². The number of fused-ring (bicyclic) bond motifs is 3. The van der Waals surface area contributed by atoms with Crippen molar-refractivity contribution >= 4 is 22.9 Å². The molecule has 0 bridgehead atoms. The first-order valence-electron chi connectivity index (χ1n) is 41.8. The standard InChI is InChI=1S/C9H8FN.C9H10N2.C9H9N.C8H9F.C8H10O.C7H7F.2C7H9N.C7H8.C6H7N.C6H12O.C6H14O.C6H14.C5H8F2.C4H10/c1-6-4-7-8(10)2-3-9(7)11-5-6;1-7-5-8-3-4-11(2)9(8)10-6-7;1-7-5-8-3-2-4-9(8)10-6-7;1-6-4-3-5-8(9)7(6)2;1-7-3-5-8(9-2)6-4-7;1-6-2-4-7(8)5-3-6;2*1-6-3-4-7(2)8-5-6;1-7-5-3-2-4-6-7;1-6-4-2-3-5-7-6;1-5-3-6(4-5)7-2;1-4-5-7-6(2)3;1-5-6(2,3)4;1-4-2-5(6,7)3-4;1-3-4-2/h2,4-5H,3H2,1H3;3-6H,1-2H3;2-3,5-6H,4H2,1H3;3-5H,1-2H3;3-6H,1-2H3;2-5H,1H3;2*3-5H,1-2H3;2-6H,1H3;2-5H,1H3;5-6H,3-4H2,1-2H3;6H,4-5H2,1-3H3;5H2,1-4H3;4H,2-3H2,1H3;3-4H2,1-2H3. The average molecular weight is 1640 g/mol. The Bertz CT molecular complexity index is 4260. The summed E-state index contributed by atoms with van der Waals surface area (Å²) in [6.07, 6.45) is 29.4. The maximum absolute atomic E-state index is 12.9. The van der Waals surface area contributed by atoms with Gasteiger partial charge in [-0.1, -0.05) is 195 Å². The Morgan fingerprint density at radius 3 is 1.38 bits per heavy atom. The minimum atomic E-state index is -2.31. The normalized spacial score (nSPS) is 13.4. The first-order chi connectivity index (χ1) is 56.3. The van der Waals surface area contributed by atoms with Gasteiger partial charge in [0.1, 0.15) is 28.9 Å². The Morgan fingerprint density at radius 2 is 1.00 bits per heavy atom. The molecule has 0 unspecified atom stereocenters. The van der Waals surface area contributed by atoms with Crippen molar-refractivity contribution in [1.82, 2.24) is 34.5 Å². The van der Waals surface area contributed by atoms with Gasteiger partial charge >= 0.3 is 0 Å². The molecule has 15 heteroatoms. The zero-order valence-electron chi connectivity index (χ0n) is 77.2. The number of ether oxygens (including phenoxy) is 3. The maximum Gasteiger partial charge on any atom is 0.248 e. The molecule has 4 aromatic carbocycles. The largest absolute Gasteiger partial charge is 0.497 e. The van der Waals surface area contributed by atoms with Gasteiger partial charge in [0.25, 0.3) is 0 Å². The lowest BCUT2D eigenvalue weighted by molar-refractivity contribution is -0.104. The van der Waals surface area contributed by atoms with Gasteiger partial charge in [0, 0.05) is 118 Å². The van der Waals surface area contributed by atoms with Gasteiger partial charge in [0.2, 0.25) is 5.92 Å². The molecular weight excluding hydrogens is 1490 g/mol. The number of halogens is 5. The van der Waals surface area contributed by atoms with Crippen LogP contribution >= 0.6 is 0 Å². The summed E-state index contributed by atoms with van der Waals surface area (Å²) in [5.41, 5.74) is 20.2. The second-order valence-electron chi connectivity index (χ2n) is 32.0.